The Morgan fingerprint density at radius 2 is 2.00 bits per heavy atom. The van der Waals surface area contributed by atoms with Crippen LogP contribution in [0.5, 0.6) is 5.75 Å². The van der Waals surface area contributed by atoms with Crippen LogP contribution >= 0.6 is 22.9 Å². The first-order chi connectivity index (χ1) is 15.0. The van der Waals surface area contributed by atoms with E-state index in [0.29, 0.717) is 22.3 Å². The Bertz CT molecular complexity index is 1210. The van der Waals surface area contributed by atoms with E-state index in [-0.39, 0.29) is 24.1 Å². The summed E-state index contributed by atoms with van der Waals surface area (Å²) in [7, 11) is 3.22. The highest BCUT2D eigenvalue weighted by atomic mass is 35.5. The summed E-state index contributed by atoms with van der Waals surface area (Å²) in [5.41, 5.74) is 1.37. The van der Waals surface area contributed by atoms with Gasteiger partial charge in [-0.3, -0.25) is 4.79 Å². The summed E-state index contributed by atoms with van der Waals surface area (Å²) in [4.78, 5) is 19.9. The lowest BCUT2D eigenvalue weighted by Gasteiger charge is -2.17. The van der Waals surface area contributed by atoms with Gasteiger partial charge in [0.25, 0.3) is 5.91 Å². The van der Waals surface area contributed by atoms with E-state index in [2.05, 4.69) is 10.1 Å². The molecule has 4 rings (SSSR count). The van der Waals surface area contributed by atoms with Crippen LogP contribution in [0, 0.1) is 5.82 Å². The fourth-order valence-corrected chi connectivity index (χ4v) is 3.99. The Balaban J connectivity index is 1.68. The van der Waals surface area contributed by atoms with Crippen LogP contribution in [-0.4, -0.2) is 39.7 Å². The minimum Gasteiger partial charge on any atom is -0.496 e. The van der Waals surface area contributed by atoms with Crippen molar-refractivity contribution in [3.05, 3.63) is 82.2 Å². The molecule has 0 aliphatic heterocycles. The molecule has 2 aromatic heterocycles. The van der Waals surface area contributed by atoms with Crippen molar-refractivity contribution in [2.45, 2.75) is 6.54 Å². The molecule has 2 aromatic carbocycles. The predicted molar refractivity (Wildman–Crippen MR) is 118 cm³/mol. The minimum absolute atomic E-state index is 0.0382. The number of carbonyl (C=O) groups excluding carboxylic acids is 1. The zero-order valence-electron chi connectivity index (χ0n) is 16.8. The first-order valence-corrected chi connectivity index (χ1v) is 10.6. The SMILES string of the molecule is COc1ccc(Cl)cc1CN(C)C(=O)c1nc(-c2cccs2)n(-c2ccc(F)cc2)n1. The summed E-state index contributed by atoms with van der Waals surface area (Å²) in [6, 6.07) is 14.9. The molecule has 4 aromatic rings. The number of aromatic nitrogens is 3. The van der Waals surface area contributed by atoms with Gasteiger partial charge in [-0.05, 0) is 53.9 Å². The number of ether oxygens (including phenoxy) is 1. The average molecular weight is 457 g/mol. The molecule has 2 heterocycles. The van der Waals surface area contributed by atoms with Crippen LogP contribution in [0.2, 0.25) is 5.02 Å². The van der Waals surface area contributed by atoms with Gasteiger partial charge in [0.2, 0.25) is 5.82 Å². The molecule has 0 aliphatic carbocycles. The van der Waals surface area contributed by atoms with Crippen LogP contribution in [0.3, 0.4) is 0 Å². The molecule has 0 unspecified atom stereocenters. The number of hydrogen-bond acceptors (Lipinski definition) is 5. The number of benzene rings is 2. The van der Waals surface area contributed by atoms with Crippen molar-refractivity contribution in [1.29, 1.82) is 0 Å². The van der Waals surface area contributed by atoms with E-state index in [9.17, 15) is 9.18 Å². The number of carbonyl (C=O) groups is 1. The standard InChI is InChI=1S/C22H18ClFN4O2S/c1-27(13-14-12-15(23)5-10-18(14)30-2)22(29)20-25-21(19-4-3-11-31-19)28(26-20)17-8-6-16(24)7-9-17/h3-12H,13H2,1-2H3. The number of methoxy groups -OCH3 is 1. The smallest absolute Gasteiger partial charge is 0.293 e. The Kier molecular flexibility index (Phi) is 6.01. The summed E-state index contributed by atoms with van der Waals surface area (Å²) in [5.74, 6) is 0.469. The van der Waals surface area contributed by atoms with E-state index < -0.39 is 0 Å². The first kappa shape index (κ1) is 21.0. The molecule has 0 saturated heterocycles. The molecule has 0 radical (unpaired) electrons. The van der Waals surface area contributed by atoms with Gasteiger partial charge >= 0.3 is 0 Å². The van der Waals surface area contributed by atoms with Crippen molar-refractivity contribution in [1.82, 2.24) is 19.7 Å². The molecular weight excluding hydrogens is 439 g/mol. The number of hydrogen-bond donors (Lipinski definition) is 0. The monoisotopic (exact) mass is 456 g/mol. The zero-order valence-corrected chi connectivity index (χ0v) is 18.3. The van der Waals surface area contributed by atoms with Gasteiger partial charge in [-0.15, -0.1) is 16.4 Å². The minimum atomic E-state index is -0.360. The Morgan fingerprint density at radius 1 is 1.23 bits per heavy atom. The fourth-order valence-electron chi connectivity index (χ4n) is 3.10. The van der Waals surface area contributed by atoms with E-state index >= 15 is 0 Å². The van der Waals surface area contributed by atoms with Gasteiger partial charge in [0, 0.05) is 24.2 Å². The van der Waals surface area contributed by atoms with Crippen molar-refractivity contribution < 1.29 is 13.9 Å². The average Bonchev–Trinajstić information content (AvgIpc) is 3.44. The summed E-state index contributed by atoms with van der Waals surface area (Å²) in [5, 5.41) is 6.90. The molecule has 158 valence electrons. The van der Waals surface area contributed by atoms with Gasteiger partial charge in [-0.2, -0.15) is 0 Å². The summed E-state index contributed by atoms with van der Waals surface area (Å²) in [6.45, 7) is 0.266. The molecule has 6 nitrogen and oxygen atoms in total. The molecule has 0 aliphatic rings. The van der Waals surface area contributed by atoms with Gasteiger partial charge in [0.1, 0.15) is 11.6 Å². The molecule has 0 fully saturated rings. The number of nitrogens with zero attached hydrogens (tertiary/aromatic N) is 4. The molecule has 0 bridgehead atoms. The van der Waals surface area contributed by atoms with Crippen molar-refractivity contribution >= 4 is 28.8 Å². The lowest BCUT2D eigenvalue weighted by molar-refractivity contribution is 0.0772. The predicted octanol–water partition coefficient (Wildman–Crippen LogP) is 5.07. The maximum absolute atomic E-state index is 13.4. The number of rotatable bonds is 6. The fraction of sp³-hybridized carbons (Fsp3) is 0.136. The number of amides is 1. The summed E-state index contributed by atoms with van der Waals surface area (Å²) in [6.07, 6.45) is 0. The van der Waals surface area contributed by atoms with Gasteiger partial charge in [-0.1, -0.05) is 17.7 Å². The molecule has 31 heavy (non-hydrogen) atoms. The highest BCUT2D eigenvalue weighted by molar-refractivity contribution is 7.13. The maximum atomic E-state index is 13.4. The molecule has 0 spiro atoms. The van der Waals surface area contributed by atoms with Crippen LogP contribution in [0.1, 0.15) is 16.2 Å². The van der Waals surface area contributed by atoms with E-state index in [1.165, 1.54) is 28.4 Å². The molecule has 0 N–H and O–H groups in total. The molecular formula is C22H18ClFN4O2S. The lowest BCUT2D eigenvalue weighted by atomic mass is 10.2. The van der Waals surface area contributed by atoms with Crippen LogP contribution in [0.4, 0.5) is 4.39 Å². The third-order valence-corrected chi connectivity index (χ3v) is 5.71. The van der Waals surface area contributed by atoms with Gasteiger partial charge in [-0.25, -0.2) is 14.1 Å². The number of thiophene rings is 1. The zero-order chi connectivity index (χ0) is 22.0. The van der Waals surface area contributed by atoms with Crippen molar-refractivity contribution in [3.8, 4) is 22.1 Å². The van der Waals surface area contributed by atoms with Crippen molar-refractivity contribution in [2.24, 2.45) is 0 Å². The second-order valence-corrected chi connectivity index (χ2v) is 8.13. The Morgan fingerprint density at radius 3 is 2.68 bits per heavy atom. The molecule has 1 amide bonds. The third-order valence-electron chi connectivity index (χ3n) is 4.61. The van der Waals surface area contributed by atoms with E-state index in [1.54, 1.807) is 49.2 Å². The summed E-state index contributed by atoms with van der Waals surface area (Å²) < 4.78 is 20.3. The molecule has 9 heteroatoms. The van der Waals surface area contributed by atoms with Crippen molar-refractivity contribution in [3.63, 3.8) is 0 Å². The number of halogens is 2. The molecule has 0 saturated carbocycles. The Hall–Kier alpha value is -3.23. The Labute approximate surface area is 187 Å². The van der Waals surface area contributed by atoms with E-state index in [0.717, 1.165) is 10.4 Å². The third kappa shape index (κ3) is 4.45. The largest absolute Gasteiger partial charge is 0.496 e. The van der Waals surface area contributed by atoms with Gasteiger partial charge < -0.3 is 9.64 Å². The van der Waals surface area contributed by atoms with Gasteiger partial charge in [0.05, 0.1) is 17.7 Å². The van der Waals surface area contributed by atoms with Crippen LogP contribution in [0.15, 0.2) is 60.0 Å². The quantitative estimate of drug-likeness (QED) is 0.406. The highest BCUT2D eigenvalue weighted by Gasteiger charge is 2.23. The lowest BCUT2D eigenvalue weighted by Crippen LogP contribution is -2.27. The van der Waals surface area contributed by atoms with E-state index in [4.69, 9.17) is 16.3 Å². The first-order valence-electron chi connectivity index (χ1n) is 9.31. The van der Waals surface area contributed by atoms with E-state index in [1.807, 2.05) is 17.5 Å². The normalized spacial score (nSPS) is 10.8. The second-order valence-electron chi connectivity index (χ2n) is 6.74. The summed E-state index contributed by atoms with van der Waals surface area (Å²) >= 11 is 7.58. The van der Waals surface area contributed by atoms with Crippen LogP contribution in [-0.2, 0) is 6.54 Å². The highest BCUT2D eigenvalue weighted by Crippen LogP contribution is 2.27. The second kappa shape index (κ2) is 8.87. The van der Waals surface area contributed by atoms with Crippen LogP contribution < -0.4 is 4.74 Å². The maximum Gasteiger partial charge on any atom is 0.293 e. The molecule has 0 atom stereocenters. The van der Waals surface area contributed by atoms with Gasteiger partial charge in [0.15, 0.2) is 5.82 Å². The topological polar surface area (TPSA) is 60.2 Å². The van der Waals surface area contributed by atoms with Crippen LogP contribution in [0.25, 0.3) is 16.4 Å². The van der Waals surface area contributed by atoms with Crippen molar-refractivity contribution in [2.75, 3.05) is 14.2 Å².